The first-order valence-corrected chi connectivity index (χ1v) is 14.2. The Morgan fingerprint density at radius 1 is 1.11 bits per heavy atom. The summed E-state index contributed by atoms with van der Waals surface area (Å²) in [4.78, 5) is 32.2. The zero-order valence-electron chi connectivity index (χ0n) is 20.4. The third-order valence-corrected chi connectivity index (χ3v) is 8.96. The number of fused-ring (bicyclic) bond motifs is 1. The molecule has 2 N–H and O–H groups in total. The van der Waals surface area contributed by atoms with Crippen LogP contribution in [0, 0.1) is 5.92 Å². The number of sulfone groups is 1. The normalized spacial score (nSPS) is 15.7. The number of carboxylic acids is 1. The van der Waals surface area contributed by atoms with E-state index in [4.69, 9.17) is 10.1 Å². The number of nitrogens with one attached hydrogen (secondary N) is 1. The van der Waals surface area contributed by atoms with Gasteiger partial charge >= 0.3 is 5.97 Å². The minimum Gasteiger partial charge on any atom is -0.478 e. The van der Waals surface area contributed by atoms with E-state index >= 15 is 0 Å². The van der Waals surface area contributed by atoms with E-state index in [0.29, 0.717) is 24.1 Å². The van der Waals surface area contributed by atoms with E-state index < -0.39 is 15.8 Å². The number of amides is 1. The van der Waals surface area contributed by atoms with Gasteiger partial charge in [-0.25, -0.2) is 18.2 Å². The summed E-state index contributed by atoms with van der Waals surface area (Å²) in [5.74, 6) is -0.809. The van der Waals surface area contributed by atoms with Crippen LogP contribution in [0.15, 0.2) is 53.4 Å². The highest BCUT2D eigenvalue weighted by molar-refractivity contribution is 7.91. The molecule has 0 bridgehead atoms. The summed E-state index contributed by atoms with van der Waals surface area (Å²) in [6, 6.07) is 13.4. The van der Waals surface area contributed by atoms with Gasteiger partial charge in [-0.15, -0.1) is 11.3 Å². The highest BCUT2D eigenvalue weighted by Gasteiger charge is 2.36. The first-order valence-electron chi connectivity index (χ1n) is 11.7. The maximum absolute atomic E-state index is 12.6. The molecule has 0 saturated heterocycles. The number of rotatable bonds is 9. The number of thiazole rings is 1. The maximum Gasteiger partial charge on any atom is 0.335 e. The van der Waals surface area contributed by atoms with Crippen LogP contribution in [0.3, 0.4) is 0 Å². The van der Waals surface area contributed by atoms with Crippen molar-refractivity contribution in [2.75, 3.05) is 11.1 Å². The van der Waals surface area contributed by atoms with Gasteiger partial charge in [0.05, 0.1) is 34.4 Å². The Labute approximate surface area is 214 Å². The molecule has 0 saturated carbocycles. The molecule has 10 heteroatoms. The smallest absolute Gasteiger partial charge is 0.335 e. The zero-order chi connectivity index (χ0) is 26.0. The molecule has 1 aliphatic rings. The van der Waals surface area contributed by atoms with Gasteiger partial charge in [0.1, 0.15) is 0 Å². The van der Waals surface area contributed by atoms with Gasteiger partial charge in [0.2, 0.25) is 5.91 Å². The van der Waals surface area contributed by atoms with Crippen LogP contribution in [0.5, 0.6) is 0 Å². The van der Waals surface area contributed by atoms with Crippen molar-refractivity contribution in [1.29, 1.82) is 0 Å². The van der Waals surface area contributed by atoms with Crippen molar-refractivity contribution < 1.29 is 23.1 Å². The standard InChI is InChI=1S/C26H29N3O5S2/c1-4-36(33,34)20-11-7-17(8-12-20)13-22(30)27-26-28-23-21(35-26)15-29(24(23)16(2)3)14-18-5-9-19(10-6-18)25(31)32/h5-12,16,24H,4,13-15H2,1-3H3,(H,31,32)(H,27,28,30)/t24-/m0/s1. The molecule has 1 atom stereocenters. The number of hydrogen-bond donors (Lipinski definition) is 2. The molecule has 2 heterocycles. The number of carbonyl (C=O) groups is 2. The first-order chi connectivity index (χ1) is 17.1. The second-order valence-electron chi connectivity index (χ2n) is 9.20. The van der Waals surface area contributed by atoms with Crippen LogP contribution in [-0.2, 0) is 34.1 Å². The molecule has 0 fully saturated rings. The predicted molar refractivity (Wildman–Crippen MR) is 139 cm³/mol. The Hall–Kier alpha value is -3.08. The van der Waals surface area contributed by atoms with E-state index in [-0.39, 0.29) is 34.6 Å². The van der Waals surface area contributed by atoms with Crippen LogP contribution in [0.1, 0.15) is 58.9 Å². The molecule has 0 unspecified atom stereocenters. The monoisotopic (exact) mass is 527 g/mol. The van der Waals surface area contributed by atoms with Crippen LogP contribution in [0.2, 0.25) is 0 Å². The lowest BCUT2D eigenvalue weighted by atomic mass is 10.0. The van der Waals surface area contributed by atoms with Gasteiger partial charge in [-0.1, -0.05) is 45.0 Å². The van der Waals surface area contributed by atoms with Crippen LogP contribution in [-0.4, -0.2) is 41.0 Å². The summed E-state index contributed by atoms with van der Waals surface area (Å²) in [7, 11) is -3.27. The number of aromatic carboxylic acids is 1. The summed E-state index contributed by atoms with van der Waals surface area (Å²) in [6.07, 6.45) is 0.128. The number of benzene rings is 2. The van der Waals surface area contributed by atoms with Crippen molar-refractivity contribution in [2.24, 2.45) is 5.92 Å². The number of carbonyl (C=O) groups excluding carboxylic acids is 1. The van der Waals surface area contributed by atoms with E-state index in [9.17, 15) is 18.0 Å². The fraction of sp³-hybridized carbons (Fsp3) is 0.346. The van der Waals surface area contributed by atoms with Gasteiger partial charge in [0.15, 0.2) is 15.0 Å². The molecular formula is C26H29N3O5S2. The highest BCUT2D eigenvalue weighted by Crippen LogP contribution is 2.43. The molecule has 1 aromatic heterocycles. The lowest BCUT2D eigenvalue weighted by molar-refractivity contribution is -0.115. The Kier molecular flexibility index (Phi) is 7.58. The summed E-state index contributed by atoms with van der Waals surface area (Å²) in [6.45, 7) is 7.27. The molecule has 3 aromatic rings. The summed E-state index contributed by atoms with van der Waals surface area (Å²) >= 11 is 1.47. The zero-order valence-corrected chi connectivity index (χ0v) is 22.0. The third kappa shape index (κ3) is 5.66. The SMILES string of the molecule is CCS(=O)(=O)c1ccc(CC(=O)Nc2nc3c(s2)CN(Cc2ccc(C(=O)O)cc2)[C@H]3C(C)C)cc1. The second kappa shape index (κ2) is 10.5. The van der Waals surface area contributed by atoms with E-state index in [1.807, 2.05) is 12.1 Å². The molecule has 4 rings (SSSR count). The largest absolute Gasteiger partial charge is 0.478 e. The molecule has 0 aliphatic carbocycles. The average molecular weight is 528 g/mol. The quantitative estimate of drug-likeness (QED) is 0.420. The van der Waals surface area contributed by atoms with Gasteiger partial charge in [-0.3, -0.25) is 9.69 Å². The number of aromatic nitrogens is 1. The average Bonchev–Trinajstić information content (AvgIpc) is 3.35. The molecule has 36 heavy (non-hydrogen) atoms. The number of hydrogen-bond acceptors (Lipinski definition) is 7. The molecule has 0 radical (unpaired) electrons. The van der Waals surface area contributed by atoms with Crippen LogP contribution < -0.4 is 5.32 Å². The molecule has 2 aromatic carbocycles. The second-order valence-corrected chi connectivity index (χ2v) is 12.6. The number of carboxylic acid groups (broad SMARTS) is 1. The molecule has 8 nitrogen and oxygen atoms in total. The first kappa shape index (κ1) is 26.0. The van der Waals surface area contributed by atoms with Crippen LogP contribution in [0.4, 0.5) is 5.13 Å². The fourth-order valence-corrected chi connectivity index (χ4v) is 6.35. The minimum atomic E-state index is -3.27. The summed E-state index contributed by atoms with van der Waals surface area (Å²) < 4.78 is 23.9. The van der Waals surface area contributed by atoms with E-state index in [1.165, 1.54) is 23.5 Å². The lowest BCUT2D eigenvalue weighted by Crippen LogP contribution is -2.26. The fourth-order valence-electron chi connectivity index (χ4n) is 4.43. The Morgan fingerprint density at radius 2 is 1.75 bits per heavy atom. The molecule has 190 valence electrons. The number of anilines is 1. The van der Waals surface area contributed by atoms with Crippen molar-refractivity contribution in [3.63, 3.8) is 0 Å². The van der Waals surface area contributed by atoms with Gasteiger partial charge in [-0.2, -0.15) is 0 Å². The van der Waals surface area contributed by atoms with E-state index in [2.05, 4.69) is 24.1 Å². The summed E-state index contributed by atoms with van der Waals surface area (Å²) in [5, 5.41) is 12.6. The highest BCUT2D eigenvalue weighted by atomic mass is 32.2. The molecule has 0 spiro atoms. The Morgan fingerprint density at radius 3 is 2.33 bits per heavy atom. The Bertz CT molecular complexity index is 1360. The van der Waals surface area contributed by atoms with Crippen LogP contribution in [0.25, 0.3) is 0 Å². The van der Waals surface area contributed by atoms with Gasteiger partial charge in [0.25, 0.3) is 0 Å². The van der Waals surface area contributed by atoms with Crippen molar-refractivity contribution in [3.8, 4) is 0 Å². The van der Waals surface area contributed by atoms with Crippen molar-refractivity contribution >= 4 is 38.2 Å². The number of nitrogens with zero attached hydrogens (tertiary/aromatic N) is 2. The Balaban J connectivity index is 1.41. The van der Waals surface area contributed by atoms with Gasteiger partial charge in [0, 0.05) is 18.0 Å². The van der Waals surface area contributed by atoms with E-state index in [1.54, 1.807) is 31.2 Å². The predicted octanol–water partition coefficient (Wildman–Crippen LogP) is 4.53. The molecular weight excluding hydrogens is 498 g/mol. The summed E-state index contributed by atoms with van der Waals surface area (Å²) in [5.41, 5.74) is 3.00. The maximum atomic E-state index is 12.6. The lowest BCUT2D eigenvalue weighted by Gasteiger charge is -2.27. The topological polar surface area (TPSA) is 117 Å². The minimum absolute atomic E-state index is 0.0351. The van der Waals surface area contributed by atoms with Crippen molar-refractivity contribution in [1.82, 2.24) is 9.88 Å². The van der Waals surface area contributed by atoms with Gasteiger partial charge < -0.3 is 10.4 Å². The van der Waals surface area contributed by atoms with Crippen molar-refractivity contribution in [2.45, 2.75) is 51.2 Å². The van der Waals surface area contributed by atoms with Crippen molar-refractivity contribution in [3.05, 3.63) is 75.8 Å². The third-order valence-electron chi connectivity index (χ3n) is 6.24. The molecule has 1 aliphatic heterocycles. The van der Waals surface area contributed by atoms with Gasteiger partial charge in [-0.05, 0) is 41.3 Å². The van der Waals surface area contributed by atoms with E-state index in [0.717, 1.165) is 21.7 Å². The van der Waals surface area contributed by atoms with Crippen LogP contribution >= 0.6 is 11.3 Å². The molecule has 1 amide bonds.